The van der Waals surface area contributed by atoms with Crippen molar-refractivity contribution in [1.29, 1.82) is 0 Å². The highest BCUT2D eigenvalue weighted by Crippen LogP contribution is 2.30. The van der Waals surface area contributed by atoms with Crippen LogP contribution < -0.4 is 10.0 Å². The van der Waals surface area contributed by atoms with Gasteiger partial charge in [-0.2, -0.15) is 13.2 Å². The zero-order valence-electron chi connectivity index (χ0n) is 14.8. The highest BCUT2D eigenvalue weighted by Gasteiger charge is 2.30. The molecule has 0 radical (unpaired) electrons. The molecule has 10 heteroatoms. The third kappa shape index (κ3) is 5.17. The van der Waals surface area contributed by atoms with Crippen LogP contribution in [-0.4, -0.2) is 24.6 Å². The summed E-state index contributed by atoms with van der Waals surface area (Å²) in [5, 5.41) is 3.70. The SMILES string of the molecule is CS(=O)(=O)NCc1nc(NCc2cccc(C(F)(F)F)c2)c2ccccc2n1. The Labute approximate surface area is 159 Å². The predicted molar refractivity (Wildman–Crippen MR) is 100.0 cm³/mol. The molecule has 6 nitrogen and oxygen atoms in total. The lowest BCUT2D eigenvalue weighted by atomic mass is 10.1. The van der Waals surface area contributed by atoms with E-state index in [4.69, 9.17) is 0 Å². The summed E-state index contributed by atoms with van der Waals surface area (Å²) in [5.74, 6) is 0.656. The van der Waals surface area contributed by atoms with Gasteiger partial charge >= 0.3 is 6.18 Å². The van der Waals surface area contributed by atoms with Crippen LogP contribution in [0.25, 0.3) is 10.9 Å². The van der Waals surface area contributed by atoms with E-state index in [9.17, 15) is 21.6 Å². The number of halogens is 3. The average molecular weight is 410 g/mol. The van der Waals surface area contributed by atoms with E-state index in [2.05, 4.69) is 20.0 Å². The van der Waals surface area contributed by atoms with Crippen LogP contribution in [0, 0.1) is 0 Å². The molecule has 2 aromatic carbocycles. The van der Waals surface area contributed by atoms with Crippen molar-refractivity contribution in [2.75, 3.05) is 11.6 Å². The van der Waals surface area contributed by atoms with E-state index in [0.29, 0.717) is 22.3 Å². The van der Waals surface area contributed by atoms with E-state index < -0.39 is 21.8 Å². The maximum absolute atomic E-state index is 12.9. The van der Waals surface area contributed by atoms with Crippen LogP contribution in [0.3, 0.4) is 0 Å². The summed E-state index contributed by atoms with van der Waals surface area (Å²) in [6.45, 7) is 0.0196. The van der Waals surface area contributed by atoms with Crippen LogP contribution in [-0.2, 0) is 29.3 Å². The lowest BCUT2D eigenvalue weighted by molar-refractivity contribution is -0.137. The number of aromatic nitrogens is 2. The molecule has 0 aliphatic carbocycles. The van der Waals surface area contributed by atoms with Crippen molar-refractivity contribution >= 4 is 26.7 Å². The molecule has 0 saturated heterocycles. The number of alkyl halides is 3. The monoisotopic (exact) mass is 410 g/mol. The number of nitrogens with one attached hydrogen (secondary N) is 2. The molecule has 1 heterocycles. The Morgan fingerprint density at radius 1 is 1.00 bits per heavy atom. The minimum atomic E-state index is -4.41. The van der Waals surface area contributed by atoms with Crippen molar-refractivity contribution < 1.29 is 21.6 Å². The van der Waals surface area contributed by atoms with Gasteiger partial charge in [0.1, 0.15) is 11.6 Å². The summed E-state index contributed by atoms with van der Waals surface area (Å²) in [5.41, 5.74) is 0.306. The van der Waals surface area contributed by atoms with Crippen LogP contribution in [0.15, 0.2) is 48.5 Å². The van der Waals surface area contributed by atoms with Gasteiger partial charge < -0.3 is 5.32 Å². The molecule has 148 valence electrons. The van der Waals surface area contributed by atoms with Gasteiger partial charge in [0.2, 0.25) is 10.0 Å². The second kappa shape index (κ2) is 7.72. The summed E-state index contributed by atoms with van der Waals surface area (Å²) in [7, 11) is -3.42. The van der Waals surface area contributed by atoms with Gasteiger partial charge in [0.05, 0.1) is 23.9 Å². The van der Waals surface area contributed by atoms with Crippen LogP contribution >= 0.6 is 0 Å². The molecule has 1 aromatic heterocycles. The normalized spacial score (nSPS) is 12.3. The zero-order valence-corrected chi connectivity index (χ0v) is 15.6. The first-order valence-corrected chi connectivity index (χ1v) is 10.1. The van der Waals surface area contributed by atoms with E-state index in [-0.39, 0.29) is 18.9 Å². The summed E-state index contributed by atoms with van der Waals surface area (Å²) in [4.78, 5) is 8.63. The van der Waals surface area contributed by atoms with E-state index >= 15 is 0 Å². The second-order valence-electron chi connectivity index (χ2n) is 6.15. The molecule has 0 fully saturated rings. The Hall–Kier alpha value is -2.72. The molecule has 0 atom stereocenters. The van der Waals surface area contributed by atoms with Gasteiger partial charge in [-0.15, -0.1) is 0 Å². The number of anilines is 1. The Balaban J connectivity index is 1.87. The number of hydrogen-bond acceptors (Lipinski definition) is 5. The fraction of sp³-hybridized carbons (Fsp3) is 0.222. The Morgan fingerprint density at radius 3 is 2.46 bits per heavy atom. The van der Waals surface area contributed by atoms with E-state index in [1.165, 1.54) is 6.07 Å². The molecule has 3 rings (SSSR count). The number of rotatable bonds is 6. The molecular weight excluding hydrogens is 393 g/mol. The summed E-state index contributed by atoms with van der Waals surface area (Å²) >= 11 is 0. The third-order valence-electron chi connectivity index (χ3n) is 3.86. The largest absolute Gasteiger partial charge is 0.416 e. The van der Waals surface area contributed by atoms with Crippen molar-refractivity contribution in [1.82, 2.24) is 14.7 Å². The maximum Gasteiger partial charge on any atom is 0.416 e. The van der Waals surface area contributed by atoms with Crippen LogP contribution in [0.2, 0.25) is 0 Å². The minimum absolute atomic E-state index is 0.0953. The molecule has 0 bridgehead atoms. The smallest absolute Gasteiger partial charge is 0.365 e. The number of para-hydroxylation sites is 1. The van der Waals surface area contributed by atoms with Crippen molar-refractivity contribution in [2.24, 2.45) is 0 Å². The molecule has 28 heavy (non-hydrogen) atoms. The minimum Gasteiger partial charge on any atom is -0.365 e. The zero-order chi connectivity index (χ0) is 20.4. The lowest BCUT2D eigenvalue weighted by Crippen LogP contribution is -2.22. The molecule has 0 amide bonds. The Bertz CT molecular complexity index is 1100. The van der Waals surface area contributed by atoms with Gasteiger partial charge in [0.15, 0.2) is 0 Å². The molecule has 0 saturated carbocycles. The van der Waals surface area contributed by atoms with Crippen LogP contribution in [0.1, 0.15) is 17.0 Å². The fourth-order valence-electron chi connectivity index (χ4n) is 2.58. The number of sulfonamides is 1. The number of hydrogen-bond donors (Lipinski definition) is 2. The predicted octanol–water partition coefficient (Wildman–Crippen LogP) is 3.31. The highest BCUT2D eigenvalue weighted by molar-refractivity contribution is 7.88. The van der Waals surface area contributed by atoms with Crippen molar-refractivity contribution in [3.8, 4) is 0 Å². The number of fused-ring (bicyclic) bond motifs is 1. The van der Waals surface area contributed by atoms with Gasteiger partial charge in [-0.05, 0) is 29.8 Å². The number of nitrogens with zero attached hydrogens (tertiary/aromatic N) is 2. The molecule has 3 aromatic rings. The third-order valence-corrected chi connectivity index (χ3v) is 4.52. The topological polar surface area (TPSA) is 84.0 Å². The first-order valence-electron chi connectivity index (χ1n) is 8.22. The van der Waals surface area contributed by atoms with E-state index in [1.54, 1.807) is 30.3 Å². The quantitative estimate of drug-likeness (QED) is 0.651. The first-order chi connectivity index (χ1) is 13.1. The first kappa shape index (κ1) is 20.0. The van der Waals surface area contributed by atoms with Gasteiger partial charge in [0, 0.05) is 11.9 Å². The highest BCUT2D eigenvalue weighted by atomic mass is 32.2. The van der Waals surface area contributed by atoms with Gasteiger partial charge in [0.25, 0.3) is 0 Å². The molecule has 0 aliphatic heterocycles. The van der Waals surface area contributed by atoms with Crippen molar-refractivity contribution in [3.63, 3.8) is 0 Å². The van der Waals surface area contributed by atoms with Crippen molar-refractivity contribution in [2.45, 2.75) is 19.3 Å². The maximum atomic E-state index is 12.9. The average Bonchev–Trinajstić information content (AvgIpc) is 2.63. The summed E-state index contributed by atoms with van der Waals surface area (Å²) in [6, 6.07) is 12.1. The standard InChI is InChI=1S/C18H17F3N4O2S/c1-28(26,27)23-11-16-24-15-8-3-2-7-14(15)17(25-16)22-10-12-5-4-6-13(9-12)18(19,20)21/h2-9,23H,10-11H2,1H3,(H,22,24,25). The summed E-state index contributed by atoms with van der Waals surface area (Å²) in [6.07, 6.45) is -3.39. The molecule has 0 aliphatic rings. The van der Waals surface area contributed by atoms with Crippen LogP contribution in [0.5, 0.6) is 0 Å². The van der Waals surface area contributed by atoms with E-state index in [0.717, 1.165) is 18.4 Å². The summed E-state index contributed by atoms with van der Waals surface area (Å²) < 4.78 is 63.6. The van der Waals surface area contributed by atoms with Crippen LogP contribution in [0.4, 0.5) is 19.0 Å². The van der Waals surface area contributed by atoms with E-state index in [1.807, 2.05) is 0 Å². The van der Waals surface area contributed by atoms with Gasteiger partial charge in [-0.3, -0.25) is 0 Å². The second-order valence-corrected chi connectivity index (χ2v) is 7.98. The Morgan fingerprint density at radius 2 is 1.75 bits per heavy atom. The molecule has 0 unspecified atom stereocenters. The Kier molecular flexibility index (Phi) is 5.52. The lowest BCUT2D eigenvalue weighted by Gasteiger charge is -2.12. The van der Waals surface area contributed by atoms with Crippen molar-refractivity contribution in [3.05, 3.63) is 65.5 Å². The molecule has 2 N–H and O–H groups in total. The van der Waals surface area contributed by atoms with Gasteiger partial charge in [-0.1, -0.05) is 24.3 Å². The fourth-order valence-corrected chi connectivity index (χ4v) is 2.97. The molecule has 0 spiro atoms. The number of benzene rings is 2. The molecular formula is C18H17F3N4O2S. The van der Waals surface area contributed by atoms with Gasteiger partial charge in [-0.25, -0.2) is 23.1 Å².